The summed E-state index contributed by atoms with van der Waals surface area (Å²) >= 11 is 0. The Hall–Kier alpha value is -1.16. The maximum absolute atomic E-state index is 11.4. The van der Waals surface area contributed by atoms with Crippen LogP contribution < -0.4 is 11.3 Å². The second-order valence-electron chi connectivity index (χ2n) is 3.97. The van der Waals surface area contributed by atoms with E-state index in [1.165, 1.54) is 0 Å². The first kappa shape index (κ1) is 15.8. The molecule has 0 heterocycles. The number of nitrogens with zero attached hydrogens (tertiary/aromatic N) is 2. The second-order valence-corrected chi connectivity index (χ2v) is 3.97. The number of nitriles is 1. The van der Waals surface area contributed by atoms with E-state index < -0.39 is 0 Å². The molecule has 0 fully saturated rings. The topological polar surface area (TPSA) is 91.4 Å². The standard InChI is InChI=1S/C11H22N4O2/c1-9(11(16)14-13)10(2)15(6-4-5-12)7-8-17-3/h9-10H,4,6-8,13H2,1-3H3,(H,14,16). The molecule has 2 atom stereocenters. The van der Waals surface area contributed by atoms with Gasteiger partial charge in [0, 0.05) is 32.7 Å². The lowest BCUT2D eigenvalue weighted by Crippen LogP contribution is -2.47. The molecule has 6 heteroatoms. The van der Waals surface area contributed by atoms with Crippen molar-refractivity contribution >= 4 is 5.91 Å². The molecule has 0 aliphatic carbocycles. The zero-order valence-corrected chi connectivity index (χ0v) is 10.8. The maximum atomic E-state index is 11.4. The highest BCUT2D eigenvalue weighted by Gasteiger charge is 2.24. The van der Waals surface area contributed by atoms with Gasteiger partial charge in [-0.3, -0.25) is 15.1 Å². The van der Waals surface area contributed by atoms with Crippen molar-refractivity contribution in [3.63, 3.8) is 0 Å². The molecule has 3 N–H and O–H groups in total. The number of hydrazine groups is 1. The van der Waals surface area contributed by atoms with Gasteiger partial charge in [0.25, 0.3) is 0 Å². The Kier molecular flexibility index (Phi) is 8.32. The van der Waals surface area contributed by atoms with Crippen molar-refractivity contribution in [3.05, 3.63) is 0 Å². The van der Waals surface area contributed by atoms with Gasteiger partial charge in [-0.15, -0.1) is 0 Å². The van der Waals surface area contributed by atoms with E-state index in [1.54, 1.807) is 7.11 Å². The largest absolute Gasteiger partial charge is 0.383 e. The van der Waals surface area contributed by atoms with E-state index in [2.05, 4.69) is 16.4 Å². The molecule has 0 aromatic heterocycles. The van der Waals surface area contributed by atoms with E-state index in [1.807, 2.05) is 13.8 Å². The van der Waals surface area contributed by atoms with E-state index in [0.29, 0.717) is 26.1 Å². The van der Waals surface area contributed by atoms with Gasteiger partial charge in [-0.1, -0.05) is 6.92 Å². The van der Waals surface area contributed by atoms with Crippen molar-refractivity contribution in [1.29, 1.82) is 5.26 Å². The van der Waals surface area contributed by atoms with Crippen LogP contribution in [0.3, 0.4) is 0 Å². The number of carbonyl (C=O) groups excluding carboxylic acids is 1. The highest BCUT2D eigenvalue weighted by Crippen LogP contribution is 2.11. The smallest absolute Gasteiger partial charge is 0.238 e. The van der Waals surface area contributed by atoms with Crippen molar-refractivity contribution in [2.24, 2.45) is 11.8 Å². The first-order chi connectivity index (χ1) is 8.08. The van der Waals surface area contributed by atoms with Gasteiger partial charge in [-0.05, 0) is 6.92 Å². The zero-order valence-electron chi connectivity index (χ0n) is 10.8. The van der Waals surface area contributed by atoms with Crippen LogP contribution in [0.1, 0.15) is 20.3 Å². The van der Waals surface area contributed by atoms with Crippen LogP contribution in [0.2, 0.25) is 0 Å². The molecule has 1 amide bonds. The molecule has 0 aliphatic rings. The fourth-order valence-corrected chi connectivity index (χ4v) is 1.59. The van der Waals surface area contributed by atoms with Crippen LogP contribution in [0.5, 0.6) is 0 Å². The van der Waals surface area contributed by atoms with Gasteiger partial charge in [-0.25, -0.2) is 5.84 Å². The van der Waals surface area contributed by atoms with E-state index in [-0.39, 0.29) is 17.9 Å². The monoisotopic (exact) mass is 242 g/mol. The van der Waals surface area contributed by atoms with Crippen LogP contribution >= 0.6 is 0 Å². The van der Waals surface area contributed by atoms with Crippen LogP contribution in [0, 0.1) is 17.2 Å². The molecule has 17 heavy (non-hydrogen) atoms. The molecule has 0 spiro atoms. The van der Waals surface area contributed by atoms with Gasteiger partial charge in [0.1, 0.15) is 0 Å². The lowest BCUT2D eigenvalue weighted by molar-refractivity contribution is -0.126. The third kappa shape index (κ3) is 5.63. The summed E-state index contributed by atoms with van der Waals surface area (Å²) in [6.07, 6.45) is 0.436. The van der Waals surface area contributed by atoms with E-state index in [4.69, 9.17) is 15.8 Å². The average Bonchev–Trinajstić information content (AvgIpc) is 2.36. The first-order valence-corrected chi connectivity index (χ1v) is 5.68. The van der Waals surface area contributed by atoms with Crippen LogP contribution in [-0.2, 0) is 9.53 Å². The number of hydrogen-bond donors (Lipinski definition) is 2. The summed E-state index contributed by atoms with van der Waals surface area (Å²) in [4.78, 5) is 13.5. The highest BCUT2D eigenvalue weighted by molar-refractivity contribution is 5.78. The predicted molar refractivity (Wildman–Crippen MR) is 64.6 cm³/mol. The number of amides is 1. The number of methoxy groups -OCH3 is 1. The predicted octanol–water partition coefficient (Wildman–Crippen LogP) is -0.137. The Labute approximate surface area is 103 Å². The summed E-state index contributed by atoms with van der Waals surface area (Å²) < 4.78 is 5.02. The third-order valence-corrected chi connectivity index (χ3v) is 2.95. The molecule has 98 valence electrons. The molecule has 0 aromatic carbocycles. The Balaban J connectivity index is 4.43. The number of carbonyl (C=O) groups is 1. The number of hydrogen-bond acceptors (Lipinski definition) is 5. The van der Waals surface area contributed by atoms with Gasteiger partial charge in [-0.2, -0.15) is 5.26 Å². The normalized spacial score (nSPS) is 14.1. The van der Waals surface area contributed by atoms with Crippen molar-refractivity contribution in [1.82, 2.24) is 10.3 Å². The minimum atomic E-state index is -0.226. The lowest BCUT2D eigenvalue weighted by atomic mass is 10.0. The minimum Gasteiger partial charge on any atom is -0.383 e. The van der Waals surface area contributed by atoms with Gasteiger partial charge in [0.2, 0.25) is 5.91 Å². The van der Waals surface area contributed by atoms with Gasteiger partial charge in [0.15, 0.2) is 0 Å². The third-order valence-electron chi connectivity index (χ3n) is 2.95. The molecule has 0 saturated heterocycles. The summed E-state index contributed by atoms with van der Waals surface area (Å²) in [7, 11) is 1.63. The second kappa shape index (κ2) is 8.93. The molecule has 0 aliphatic heterocycles. The summed E-state index contributed by atoms with van der Waals surface area (Å²) in [6, 6.07) is 2.12. The molecular weight excluding hydrogens is 220 g/mol. The maximum Gasteiger partial charge on any atom is 0.238 e. The zero-order chi connectivity index (χ0) is 13.3. The molecule has 6 nitrogen and oxygen atoms in total. The van der Waals surface area contributed by atoms with Gasteiger partial charge >= 0.3 is 0 Å². The van der Waals surface area contributed by atoms with Gasteiger partial charge < -0.3 is 4.74 Å². The number of ether oxygens (including phenoxy) is 1. The van der Waals surface area contributed by atoms with Crippen molar-refractivity contribution in [2.75, 3.05) is 26.8 Å². The first-order valence-electron chi connectivity index (χ1n) is 5.68. The quantitative estimate of drug-likeness (QED) is 0.351. The van der Waals surface area contributed by atoms with Crippen LogP contribution in [0.15, 0.2) is 0 Å². The van der Waals surface area contributed by atoms with Crippen LogP contribution in [0.4, 0.5) is 0 Å². The number of nitrogens with one attached hydrogen (secondary N) is 1. The van der Waals surface area contributed by atoms with Crippen LogP contribution in [0.25, 0.3) is 0 Å². The van der Waals surface area contributed by atoms with Crippen LogP contribution in [-0.4, -0.2) is 43.7 Å². The fraction of sp³-hybridized carbons (Fsp3) is 0.818. The fourth-order valence-electron chi connectivity index (χ4n) is 1.59. The van der Waals surface area contributed by atoms with Crippen molar-refractivity contribution < 1.29 is 9.53 Å². The summed E-state index contributed by atoms with van der Waals surface area (Å²) in [6.45, 7) is 5.67. The summed E-state index contributed by atoms with van der Waals surface area (Å²) in [5.41, 5.74) is 2.15. The Morgan fingerprint density at radius 2 is 2.18 bits per heavy atom. The summed E-state index contributed by atoms with van der Waals surface area (Å²) in [5.74, 6) is 4.69. The Morgan fingerprint density at radius 1 is 1.53 bits per heavy atom. The Morgan fingerprint density at radius 3 is 2.65 bits per heavy atom. The van der Waals surface area contributed by atoms with Crippen molar-refractivity contribution in [3.8, 4) is 6.07 Å². The average molecular weight is 242 g/mol. The SMILES string of the molecule is COCCN(CCC#N)C(C)C(C)C(=O)NN. The van der Waals surface area contributed by atoms with Crippen molar-refractivity contribution in [2.45, 2.75) is 26.3 Å². The molecular formula is C11H22N4O2. The number of rotatable bonds is 8. The van der Waals surface area contributed by atoms with E-state index in [9.17, 15) is 4.79 Å². The molecule has 0 radical (unpaired) electrons. The molecule has 0 aromatic rings. The Bertz CT molecular complexity index is 265. The van der Waals surface area contributed by atoms with E-state index in [0.717, 1.165) is 0 Å². The molecule has 2 unspecified atom stereocenters. The van der Waals surface area contributed by atoms with E-state index >= 15 is 0 Å². The molecule has 0 rings (SSSR count). The molecule has 0 bridgehead atoms. The summed E-state index contributed by atoms with van der Waals surface area (Å²) in [5, 5.41) is 8.61. The highest BCUT2D eigenvalue weighted by atomic mass is 16.5. The minimum absolute atomic E-state index is 0.0158. The number of nitrogens with two attached hydrogens (primary N) is 1. The lowest BCUT2D eigenvalue weighted by Gasteiger charge is -2.31. The van der Waals surface area contributed by atoms with Gasteiger partial charge in [0.05, 0.1) is 18.6 Å². The molecule has 0 saturated carbocycles.